The Hall–Kier alpha value is -2.04. The third-order valence-corrected chi connectivity index (χ3v) is 3.42. The summed E-state index contributed by atoms with van der Waals surface area (Å²) in [6.45, 7) is 0. The summed E-state index contributed by atoms with van der Waals surface area (Å²) < 4.78 is 0. The van der Waals surface area contributed by atoms with E-state index in [0.29, 0.717) is 12.8 Å². The molecule has 0 bridgehead atoms. The van der Waals surface area contributed by atoms with Crippen molar-refractivity contribution in [2.24, 2.45) is 11.8 Å². The summed E-state index contributed by atoms with van der Waals surface area (Å²) >= 11 is 0. The molecule has 0 aromatic heterocycles. The molecule has 0 heterocycles. The molecule has 0 saturated heterocycles. The Bertz CT molecular complexity index is 362. The Kier molecular flexibility index (Phi) is 12.0. The lowest BCUT2D eigenvalue weighted by Crippen LogP contribution is -2.11. The molecule has 0 radical (unpaired) electrons. The Morgan fingerprint density at radius 1 is 0.550 bits per heavy atom. The highest BCUT2D eigenvalue weighted by Crippen LogP contribution is 2.23. The molecule has 2 atom stereocenters. The third-order valence-electron chi connectivity index (χ3n) is 3.42. The highest BCUT2D eigenvalue weighted by atomic mass is 14.3. The van der Waals surface area contributed by atoms with Crippen molar-refractivity contribution in [1.29, 1.82) is 21.0 Å². The largest absolute Gasteiger partial charge is 0.198 e. The minimum absolute atomic E-state index is 0.196. The van der Waals surface area contributed by atoms with E-state index in [0.717, 1.165) is 51.4 Å². The fourth-order valence-corrected chi connectivity index (χ4v) is 2.20. The second-order valence-corrected chi connectivity index (χ2v) is 4.99. The number of hydrogen-bond acceptors (Lipinski definition) is 4. The molecule has 0 aliphatic rings. The van der Waals surface area contributed by atoms with Gasteiger partial charge in [-0.1, -0.05) is 25.7 Å². The summed E-state index contributed by atoms with van der Waals surface area (Å²) in [5, 5.41) is 35.2. The molecule has 2 unspecified atom stereocenters. The van der Waals surface area contributed by atoms with Crippen LogP contribution in [0, 0.1) is 57.2 Å². The van der Waals surface area contributed by atoms with Gasteiger partial charge in [0, 0.05) is 12.8 Å². The first-order valence-electron chi connectivity index (χ1n) is 7.33. The van der Waals surface area contributed by atoms with E-state index in [1.54, 1.807) is 0 Å². The summed E-state index contributed by atoms with van der Waals surface area (Å²) in [5.74, 6) is -0.392. The van der Waals surface area contributed by atoms with Crippen LogP contribution in [0.2, 0.25) is 0 Å². The molecular formula is C16H22N4. The molecule has 0 aliphatic heterocycles. The molecule has 0 spiro atoms. The van der Waals surface area contributed by atoms with Crippen molar-refractivity contribution >= 4 is 0 Å². The minimum Gasteiger partial charge on any atom is -0.198 e. The van der Waals surface area contributed by atoms with Crippen molar-refractivity contribution < 1.29 is 0 Å². The molecule has 0 aromatic carbocycles. The molecule has 106 valence electrons. The molecule has 0 amide bonds. The molecular weight excluding hydrogens is 248 g/mol. The van der Waals surface area contributed by atoms with Gasteiger partial charge in [0.1, 0.15) is 0 Å². The third kappa shape index (κ3) is 8.97. The fraction of sp³-hybridized carbons (Fsp3) is 0.750. The van der Waals surface area contributed by atoms with E-state index in [9.17, 15) is 10.5 Å². The van der Waals surface area contributed by atoms with Crippen LogP contribution in [0.25, 0.3) is 0 Å². The monoisotopic (exact) mass is 270 g/mol. The Morgan fingerprint density at radius 3 is 1.25 bits per heavy atom. The van der Waals surface area contributed by atoms with Gasteiger partial charge < -0.3 is 0 Å². The highest BCUT2D eigenvalue weighted by molar-refractivity contribution is 4.97. The normalized spacial score (nSPS) is 12.4. The van der Waals surface area contributed by atoms with Gasteiger partial charge in [-0.3, -0.25) is 0 Å². The first-order valence-corrected chi connectivity index (χ1v) is 7.33. The van der Waals surface area contributed by atoms with E-state index in [-0.39, 0.29) is 11.8 Å². The van der Waals surface area contributed by atoms with Gasteiger partial charge >= 0.3 is 0 Å². The first-order chi connectivity index (χ1) is 9.79. The molecule has 0 aromatic rings. The average Bonchev–Trinajstić information content (AvgIpc) is 2.48. The predicted molar refractivity (Wildman–Crippen MR) is 75.6 cm³/mol. The van der Waals surface area contributed by atoms with Gasteiger partial charge in [-0.15, -0.1) is 0 Å². The summed E-state index contributed by atoms with van der Waals surface area (Å²) in [5.41, 5.74) is 0. The van der Waals surface area contributed by atoms with E-state index in [2.05, 4.69) is 24.3 Å². The van der Waals surface area contributed by atoms with E-state index in [1.165, 1.54) is 0 Å². The molecule has 4 nitrogen and oxygen atoms in total. The summed E-state index contributed by atoms with van der Waals surface area (Å²) in [6, 6.07) is 8.73. The van der Waals surface area contributed by atoms with E-state index in [1.807, 2.05) is 0 Å². The second kappa shape index (κ2) is 13.4. The number of hydrogen-bond donors (Lipinski definition) is 0. The number of unbranched alkanes of at least 4 members (excludes halogenated alkanes) is 6. The van der Waals surface area contributed by atoms with Crippen molar-refractivity contribution in [3.05, 3.63) is 0 Å². The van der Waals surface area contributed by atoms with Crippen LogP contribution in [0.3, 0.4) is 0 Å². The van der Waals surface area contributed by atoms with Crippen LogP contribution in [-0.4, -0.2) is 0 Å². The van der Waals surface area contributed by atoms with Crippen molar-refractivity contribution in [1.82, 2.24) is 0 Å². The van der Waals surface area contributed by atoms with Crippen LogP contribution in [0.5, 0.6) is 0 Å². The number of nitrogens with zero attached hydrogens (tertiary/aromatic N) is 4. The quantitative estimate of drug-likeness (QED) is 0.525. The van der Waals surface area contributed by atoms with Crippen LogP contribution in [-0.2, 0) is 0 Å². The molecule has 0 fully saturated rings. The van der Waals surface area contributed by atoms with Crippen LogP contribution in [0.4, 0.5) is 0 Å². The topological polar surface area (TPSA) is 95.2 Å². The van der Waals surface area contributed by atoms with Crippen molar-refractivity contribution in [2.75, 3.05) is 0 Å². The average molecular weight is 270 g/mol. The molecule has 0 aliphatic carbocycles. The smallest absolute Gasteiger partial charge is 0.0669 e. The van der Waals surface area contributed by atoms with Crippen LogP contribution in [0.1, 0.15) is 64.2 Å². The lowest BCUT2D eigenvalue weighted by Gasteiger charge is -2.14. The van der Waals surface area contributed by atoms with Crippen molar-refractivity contribution in [3.8, 4) is 24.3 Å². The molecule has 0 saturated carbocycles. The Labute approximate surface area is 122 Å². The standard InChI is InChI=1S/C16H22N4/c17-11-7-3-1-5-9-15(13-19)16(14-20)10-6-2-4-8-12-18/h15-16H,1-10H2. The maximum atomic E-state index is 9.17. The Balaban J connectivity index is 3.93. The van der Waals surface area contributed by atoms with E-state index < -0.39 is 0 Å². The van der Waals surface area contributed by atoms with E-state index in [4.69, 9.17) is 10.5 Å². The van der Waals surface area contributed by atoms with Crippen molar-refractivity contribution in [2.45, 2.75) is 64.2 Å². The van der Waals surface area contributed by atoms with Gasteiger partial charge in [-0.05, 0) is 25.7 Å². The zero-order chi connectivity index (χ0) is 15.1. The first kappa shape index (κ1) is 18.0. The second-order valence-electron chi connectivity index (χ2n) is 4.99. The molecule has 0 N–H and O–H groups in total. The van der Waals surface area contributed by atoms with Crippen LogP contribution in [0.15, 0.2) is 0 Å². The maximum Gasteiger partial charge on any atom is 0.0669 e. The van der Waals surface area contributed by atoms with Gasteiger partial charge in [0.15, 0.2) is 0 Å². The zero-order valence-electron chi connectivity index (χ0n) is 12.0. The van der Waals surface area contributed by atoms with Gasteiger partial charge in [0.05, 0.1) is 36.1 Å². The van der Waals surface area contributed by atoms with E-state index >= 15 is 0 Å². The molecule has 20 heavy (non-hydrogen) atoms. The number of nitriles is 4. The lowest BCUT2D eigenvalue weighted by molar-refractivity contribution is 0.405. The zero-order valence-corrected chi connectivity index (χ0v) is 12.0. The summed E-state index contributed by atoms with van der Waals surface area (Å²) in [6.07, 6.45) is 8.10. The molecule has 4 heteroatoms. The van der Waals surface area contributed by atoms with Crippen LogP contribution >= 0.6 is 0 Å². The Morgan fingerprint density at radius 2 is 0.950 bits per heavy atom. The highest BCUT2D eigenvalue weighted by Gasteiger charge is 2.20. The summed E-state index contributed by atoms with van der Waals surface area (Å²) in [4.78, 5) is 0. The minimum atomic E-state index is -0.196. The van der Waals surface area contributed by atoms with Gasteiger partial charge in [-0.25, -0.2) is 0 Å². The van der Waals surface area contributed by atoms with Crippen molar-refractivity contribution in [3.63, 3.8) is 0 Å². The number of rotatable bonds is 11. The van der Waals surface area contributed by atoms with Gasteiger partial charge in [-0.2, -0.15) is 21.0 Å². The SMILES string of the molecule is N#CCCCCCC(C#N)C(C#N)CCCCCC#N. The molecule has 0 rings (SSSR count). The predicted octanol–water partition coefficient (Wildman–Crippen LogP) is 4.21. The lowest BCUT2D eigenvalue weighted by atomic mass is 9.86. The maximum absolute atomic E-state index is 9.17. The van der Waals surface area contributed by atoms with Gasteiger partial charge in [0.25, 0.3) is 0 Å². The van der Waals surface area contributed by atoms with Crippen LogP contribution < -0.4 is 0 Å². The van der Waals surface area contributed by atoms with Gasteiger partial charge in [0.2, 0.25) is 0 Å². The summed E-state index contributed by atoms with van der Waals surface area (Å²) in [7, 11) is 0. The fourth-order valence-electron chi connectivity index (χ4n) is 2.20.